The summed E-state index contributed by atoms with van der Waals surface area (Å²) in [6.07, 6.45) is 7.46. The molecule has 5 nitrogen and oxygen atoms in total. The van der Waals surface area contributed by atoms with Crippen molar-refractivity contribution in [3.63, 3.8) is 0 Å². The lowest BCUT2D eigenvalue weighted by Crippen LogP contribution is -2.50. The second-order valence-corrected chi connectivity index (χ2v) is 5.44. The number of oxime groups is 1. The number of aliphatic hydroxyl groups is 1. The summed E-state index contributed by atoms with van der Waals surface area (Å²) in [5.41, 5.74) is 1.50. The average Bonchev–Trinajstić information content (AvgIpc) is 2.55. The molecular formula is C15H21N3O2S. The zero-order chi connectivity index (χ0) is 15.1. The maximum absolute atomic E-state index is 8.86. The largest absolute Gasteiger partial charge is 0.393 e. The van der Waals surface area contributed by atoms with Crippen molar-refractivity contribution in [1.82, 2.24) is 10.3 Å². The number of nitrogens with one attached hydrogen (secondary N) is 1. The molecule has 0 radical (unpaired) electrons. The number of thiocarbonyl (C=S) groups is 1. The van der Waals surface area contributed by atoms with Crippen molar-refractivity contribution in [2.75, 3.05) is 20.3 Å². The summed E-state index contributed by atoms with van der Waals surface area (Å²) in [7, 11) is 1.83. The molecule has 6 heteroatoms. The number of nitrogens with zero attached hydrogens (tertiary/aromatic N) is 2. The molecule has 1 saturated carbocycles. The first kappa shape index (κ1) is 15.9. The molecule has 0 aliphatic heterocycles. The predicted octanol–water partition coefficient (Wildman–Crippen LogP) is 1.81. The highest BCUT2D eigenvalue weighted by molar-refractivity contribution is 7.80. The topological polar surface area (TPSA) is 66.7 Å². The third-order valence-electron chi connectivity index (χ3n) is 3.83. The van der Waals surface area contributed by atoms with Crippen LogP contribution in [0, 0.1) is 0 Å². The summed E-state index contributed by atoms with van der Waals surface area (Å²) < 4.78 is 0. The fourth-order valence-corrected chi connectivity index (χ4v) is 3.18. The maximum Gasteiger partial charge on any atom is 0.140 e. The van der Waals surface area contributed by atoms with Gasteiger partial charge in [0.2, 0.25) is 0 Å². The van der Waals surface area contributed by atoms with Crippen molar-refractivity contribution in [2.45, 2.75) is 31.1 Å². The minimum absolute atomic E-state index is 0.0485. The first-order valence-corrected chi connectivity index (χ1v) is 7.59. The Labute approximate surface area is 130 Å². The van der Waals surface area contributed by atoms with Crippen molar-refractivity contribution in [3.8, 4) is 0 Å². The van der Waals surface area contributed by atoms with Crippen LogP contribution in [0.15, 0.2) is 29.7 Å². The minimum Gasteiger partial charge on any atom is -0.393 e. The van der Waals surface area contributed by atoms with E-state index in [1.807, 2.05) is 25.4 Å². The van der Waals surface area contributed by atoms with Gasteiger partial charge in [0.05, 0.1) is 22.7 Å². The van der Waals surface area contributed by atoms with Crippen LogP contribution in [0.5, 0.6) is 0 Å². The molecule has 21 heavy (non-hydrogen) atoms. The predicted molar refractivity (Wildman–Crippen MR) is 86.5 cm³/mol. The standard InChI is InChI=1S/C15H21N3O2S/c1-16-14(21)15(12-5-4-8-17-11-12)7-3-2-6-13(15)18-20-10-9-19/h4-5,8,11,19H,2-3,6-7,9-10H2,1H3,(H,16,21)/b18-13-. The fraction of sp³-hybridized carbons (Fsp3) is 0.533. The molecule has 1 atom stereocenters. The Balaban J connectivity index is 2.45. The Morgan fingerprint density at radius 1 is 1.57 bits per heavy atom. The Morgan fingerprint density at radius 2 is 2.43 bits per heavy atom. The van der Waals surface area contributed by atoms with E-state index in [-0.39, 0.29) is 13.2 Å². The van der Waals surface area contributed by atoms with Crippen LogP contribution in [0.4, 0.5) is 0 Å². The van der Waals surface area contributed by atoms with Gasteiger partial charge in [0.1, 0.15) is 6.61 Å². The van der Waals surface area contributed by atoms with E-state index < -0.39 is 5.41 Å². The van der Waals surface area contributed by atoms with Gasteiger partial charge in [-0.15, -0.1) is 0 Å². The number of aliphatic hydroxyl groups excluding tert-OH is 1. The van der Waals surface area contributed by atoms with Gasteiger partial charge >= 0.3 is 0 Å². The normalized spacial score (nSPS) is 23.8. The highest BCUT2D eigenvalue weighted by Gasteiger charge is 2.44. The Morgan fingerprint density at radius 3 is 3.10 bits per heavy atom. The molecule has 1 aliphatic carbocycles. The molecule has 1 unspecified atom stereocenters. The molecule has 0 amide bonds. The number of hydrogen-bond donors (Lipinski definition) is 2. The lowest BCUT2D eigenvalue weighted by atomic mass is 9.68. The molecule has 0 aromatic carbocycles. The molecule has 0 saturated heterocycles. The van der Waals surface area contributed by atoms with Gasteiger partial charge in [0.15, 0.2) is 0 Å². The van der Waals surface area contributed by atoms with Gasteiger partial charge in [0, 0.05) is 19.4 Å². The molecule has 2 rings (SSSR count). The summed E-state index contributed by atoms with van der Waals surface area (Å²) >= 11 is 5.60. The third-order valence-corrected chi connectivity index (χ3v) is 4.39. The highest BCUT2D eigenvalue weighted by atomic mass is 32.1. The fourth-order valence-electron chi connectivity index (χ4n) is 2.84. The third kappa shape index (κ3) is 3.22. The van der Waals surface area contributed by atoms with Crippen LogP contribution < -0.4 is 5.32 Å². The van der Waals surface area contributed by atoms with Crippen LogP contribution in [0.1, 0.15) is 31.2 Å². The molecular weight excluding hydrogens is 286 g/mol. The smallest absolute Gasteiger partial charge is 0.140 e. The van der Waals surface area contributed by atoms with E-state index in [0.717, 1.165) is 41.9 Å². The van der Waals surface area contributed by atoms with E-state index in [0.29, 0.717) is 0 Å². The van der Waals surface area contributed by atoms with E-state index in [4.69, 9.17) is 22.2 Å². The van der Waals surface area contributed by atoms with Crippen LogP contribution in [-0.4, -0.2) is 41.1 Å². The monoisotopic (exact) mass is 307 g/mol. The number of likely N-dealkylation sites (N-methyl/N-ethyl adjacent to an activating group) is 1. The summed E-state index contributed by atoms with van der Waals surface area (Å²) in [5, 5.41) is 16.2. The zero-order valence-corrected chi connectivity index (χ0v) is 13.0. The molecule has 0 bridgehead atoms. The van der Waals surface area contributed by atoms with Crippen LogP contribution in [0.25, 0.3) is 0 Å². The molecule has 1 aromatic heterocycles. The van der Waals surface area contributed by atoms with Gasteiger partial charge in [-0.05, 0) is 30.9 Å². The SMILES string of the molecule is CNC(=S)C1(c2cccnc2)CCCC/C1=N/OCCO. The Bertz CT molecular complexity index is 507. The van der Waals surface area contributed by atoms with Crippen molar-refractivity contribution in [3.05, 3.63) is 30.1 Å². The highest BCUT2D eigenvalue weighted by Crippen LogP contribution is 2.38. The molecule has 0 spiro atoms. The summed E-state index contributed by atoms with van der Waals surface area (Å²) in [6.45, 7) is 0.145. The number of aromatic nitrogens is 1. The zero-order valence-electron chi connectivity index (χ0n) is 12.2. The lowest BCUT2D eigenvalue weighted by Gasteiger charge is -2.38. The molecule has 1 fully saturated rings. The van der Waals surface area contributed by atoms with Crippen LogP contribution in [-0.2, 0) is 10.3 Å². The Hall–Kier alpha value is -1.53. The van der Waals surface area contributed by atoms with Gasteiger partial charge in [-0.3, -0.25) is 4.98 Å². The summed E-state index contributed by atoms with van der Waals surface area (Å²) in [4.78, 5) is 10.2. The lowest BCUT2D eigenvalue weighted by molar-refractivity contribution is 0.0966. The molecule has 1 heterocycles. The molecule has 114 valence electrons. The van der Waals surface area contributed by atoms with E-state index in [1.54, 1.807) is 6.20 Å². The van der Waals surface area contributed by atoms with Crippen LogP contribution in [0.3, 0.4) is 0 Å². The average molecular weight is 307 g/mol. The van der Waals surface area contributed by atoms with Crippen LogP contribution >= 0.6 is 12.2 Å². The second kappa shape index (κ2) is 7.47. The van der Waals surface area contributed by atoms with Gasteiger partial charge in [-0.25, -0.2) is 0 Å². The number of pyridine rings is 1. The first-order valence-electron chi connectivity index (χ1n) is 7.18. The molecule has 1 aliphatic rings. The number of rotatable bonds is 5. The van der Waals surface area contributed by atoms with E-state index >= 15 is 0 Å². The van der Waals surface area contributed by atoms with Crippen molar-refractivity contribution in [1.29, 1.82) is 0 Å². The quantitative estimate of drug-likeness (QED) is 0.493. The minimum atomic E-state index is -0.452. The van der Waals surface area contributed by atoms with Crippen molar-refractivity contribution in [2.24, 2.45) is 5.16 Å². The maximum atomic E-state index is 8.86. The number of hydrogen-bond acceptors (Lipinski definition) is 5. The summed E-state index contributed by atoms with van der Waals surface area (Å²) in [6, 6.07) is 3.94. The second-order valence-electron chi connectivity index (χ2n) is 5.03. The van der Waals surface area contributed by atoms with E-state index in [1.165, 1.54) is 0 Å². The van der Waals surface area contributed by atoms with Gasteiger partial charge < -0.3 is 15.3 Å². The summed E-state index contributed by atoms with van der Waals surface area (Å²) in [5.74, 6) is 0. The first-order chi connectivity index (χ1) is 10.3. The van der Waals surface area contributed by atoms with Gasteiger partial charge in [0.25, 0.3) is 0 Å². The van der Waals surface area contributed by atoms with E-state index in [2.05, 4.69) is 15.5 Å². The van der Waals surface area contributed by atoms with E-state index in [9.17, 15) is 0 Å². The van der Waals surface area contributed by atoms with Gasteiger partial charge in [-0.2, -0.15) is 0 Å². The molecule has 1 aromatic rings. The Kier molecular flexibility index (Phi) is 5.64. The van der Waals surface area contributed by atoms with Crippen molar-refractivity contribution < 1.29 is 9.94 Å². The van der Waals surface area contributed by atoms with Gasteiger partial charge in [-0.1, -0.05) is 29.9 Å². The molecule has 2 N–H and O–H groups in total. The van der Waals surface area contributed by atoms with Crippen molar-refractivity contribution >= 4 is 22.9 Å². The van der Waals surface area contributed by atoms with Crippen LogP contribution in [0.2, 0.25) is 0 Å².